The highest BCUT2D eigenvalue weighted by atomic mass is 16.6. The summed E-state index contributed by atoms with van der Waals surface area (Å²) < 4.78 is 16.9. The molecular weight excluding hydrogens is 961 g/mol. The normalized spacial score (nSPS) is 12.5. The van der Waals surface area contributed by atoms with Crippen LogP contribution in [0.2, 0.25) is 0 Å². The van der Waals surface area contributed by atoms with Crippen LogP contribution in [0.3, 0.4) is 0 Å². The summed E-state index contributed by atoms with van der Waals surface area (Å²) >= 11 is 0. The van der Waals surface area contributed by atoms with Crippen molar-refractivity contribution in [2.75, 3.05) is 13.2 Å². The second-order valence-electron chi connectivity index (χ2n) is 22.7. The molecule has 0 saturated carbocycles. The molecule has 78 heavy (non-hydrogen) atoms. The summed E-state index contributed by atoms with van der Waals surface area (Å²) in [5.74, 6) is -0.862. The van der Waals surface area contributed by atoms with Crippen LogP contribution in [0.15, 0.2) is 72.9 Å². The quantitative estimate of drug-likeness (QED) is 0.0261. The fourth-order valence-electron chi connectivity index (χ4n) is 9.88. The van der Waals surface area contributed by atoms with Gasteiger partial charge in [0.2, 0.25) is 0 Å². The third-order valence-electron chi connectivity index (χ3n) is 14.9. The van der Waals surface area contributed by atoms with Gasteiger partial charge in [0.1, 0.15) is 13.2 Å². The van der Waals surface area contributed by atoms with Crippen LogP contribution in [-0.2, 0) is 28.6 Å². The smallest absolute Gasteiger partial charge is 0.306 e. The molecule has 0 fully saturated rings. The minimum Gasteiger partial charge on any atom is -0.462 e. The first-order valence-electron chi connectivity index (χ1n) is 33.9. The fraction of sp³-hybridized carbons (Fsp3) is 0.792. The maximum Gasteiger partial charge on any atom is 0.306 e. The van der Waals surface area contributed by atoms with Gasteiger partial charge in [-0.15, -0.1) is 0 Å². The standard InChI is InChI=1S/C72H128O6/c1-4-7-10-13-16-19-21-23-25-27-29-31-32-33-34-35-36-37-38-39-40-42-43-45-47-49-51-53-56-59-62-65-71(74)77-68-69(67-76-70(73)64-61-58-55-18-15-12-9-6-3)78-72(75)66-63-60-57-54-52-50-48-46-44-41-30-28-26-24-22-20-17-14-11-8-5-2/h7,10,16,19,22-25,28-31,69H,4-6,8-9,11-15,17-18,20-21,26-27,32-68H2,1-3H3/b10-7-,19-16-,24-22-,25-23-,30-28-,31-29-. The molecule has 0 N–H and O–H groups in total. The third-order valence-corrected chi connectivity index (χ3v) is 14.9. The minimum absolute atomic E-state index is 0.0723. The molecule has 1 unspecified atom stereocenters. The highest BCUT2D eigenvalue weighted by molar-refractivity contribution is 5.71. The van der Waals surface area contributed by atoms with Gasteiger partial charge in [0.05, 0.1) is 0 Å². The number of carbonyl (C=O) groups excluding carboxylic acids is 3. The van der Waals surface area contributed by atoms with E-state index < -0.39 is 6.10 Å². The molecule has 0 aliphatic heterocycles. The zero-order valence-electron chi connectivity index (χ0n) is 51.9. The van der Waals surface area contributed by atoms with Gasteiger partial charge in [0.25, 0.3) is 0 Å². The lowest BCUT2D eigenvalue weighted by Gasteiger charge is -2.18. The Bertz CT molecular complexity index is 1440. The molecule has 6 nitrogen and oxygen atoms in total. The molecule has 0 rings (SSSR count). The summed E-state index contributed by atoms with van der Waals surface area (Å²) in [5, 5.41) is 0. The SMILES string of the molecule is CC/C=C\C/C=C\C/C=C\C/C=C\CCCCCCCCCCCCCCCCCCCCC(=O)OCC(COC(=O)CCCCCCCCCC)OC(=O)CCCCCCCCCCC/C=C\C/C=C\CCCCCCC. The average molecular weight is 1090 g/mol. The van der Waals surface area contributed by atoms with E-state index in [0.717, 1.165) is 89.9 Å². The van der Waals surface area contributed by atoms with Crippen LogP contribution in [0.5, 0.6) is 0 Å². The molecule has 0 radical (unpaired) electrons. The fourth-order valence-corrected chi connectivity index (χ4v) is 9.88. The predicted molar refractivity (Wildman–Crippen MR) is 339 cm³/mol. The second kappa shape index (κ2) is 66.4. The Morgan fingerprint density at radius 2 is 0.500 bits per heavy atom. The van der Waals surface area contributed by atoms with Gasteiger partial charge >= 0.3 is 17.9 Å². The molecule has 0 heterocycles. The van der Waals surface area contributed by atoms with E-state index in [9.17, 15) is 14.4 Å². The lowest BCUT2D eigenvalue weighted by molar-refractivity contribution is -0.167. The first kappa shape index (κ1) is 74.8. The summed E-state index contributed by atoms with van der Waals surface area (Å²) in [6, 6.07) is 0. The van der Waals surface area contributed by atoms with Gasteiger partial charge < -0.3 is 14.2 Å². The van der Waals surface area contributed by atoms with Gasteiger partial charge in [-0.05, 0) is 89.9 Å². The molecule has 0 saturated heterocycles. The molecule has 0 aromatic carbocycles. The van der Waals surface area contributed by atoms with Crippen LogP contribution in [0, 0.1) is 0 Å². The zero-order chi connectivity index (χ0) is 56.4. The van der Waals surface area contributed by atoms with Crippen molar-refractivity contribution in [2.45, 2.75) is 354 Å². The Hall–Kier alpha value is -3.15. The molecule has 0 aromatic heterocycles. The highest BCUT2D eigenvalue weighted by Crippen LogP contribution is 2.17. The Morgan fingerprint density at radius 3 is 0.782 bits per heavy atom. The molecule has 0 bridgehead atoms. The van der Waals surface area contributed by atoms with Gasteiger partial charge in [-0.25, -0.2) is 0 Å². The number of hydrogen-bond donors (Lipinski definition) is 0. The van der Waals surface area contributed by atoms with Gasteiger partial charge in [0.15, 0.2) is 6.10 Å². The minimum atomic E-state index is -0.774. The van der Waals surface area contributed by atoms with E-state index >= 15 is 0 Å². The van der Waals surface area contributed by atoms with Crippen molar-refractivity contribution in [1.82, 2.24) is 0 Å². The van der Waals surface area contributed by atoms with Crippen molar-refractivity contribution in [1.29, 1.82) is 0 Å². The Balaban J connectivity index is 4.08. The molecule has 0 aliphatic carbocycles. The van der Waals surface area contributed by atoms with Crippen molar-refractivity contribution in [2.24, 2.45) is 0 Å². The van der Waals surface area contributed by atoms with Crippen LogP contribution in [0.25, 0.3) is 0 Å². The Morgan fingerprint density at radius 1 is 0.269 bits per heavy atom. The molecular formula is C72H128O6. The summed E-state index contributed by atoms with van der Waals surface area (Å²) in [4.78, 5) is 38.2. The van der Waals surface area contributed by atoms with E-state index in [1.807, 2.05) is 0 Å². The number of unbranched alkanes of at least 4 members (excludes halogenated alkanes) is 39. The topological polar surface area (TPSA) is 78.9 Å². The van der Waals surface area contributed by atoms with Crippen molar-refractivity contribution in [3.8, 4) is 0 Å². The van der Waals surface area contributed by atoms with Crippen LogP contribution in [0.4, 0.5) is 0 Å². The number of allylic oxidation sites excluding steroid dienone is 12. The molecule has 0 amide bonds. The van der Waals surface area contributed by atoms with E-state index in [2.05, 4.69) is 93.7 Å². The van der Waals surface area contributed by atoms with Crippen LogP contribution < -0.4 is 0 Å². The van der Waals surface area contributed by atoms with Gasteiger partial charge in [-0.2, -0.15) is 0 Å². The summed E-state index contributed by atoms with van der Waals surface area (Å²) in [6.45, 7) is 6.53. The first-order valence-corrected chi connectivity index (χ1v) is 33.9. The van der Waals surface area contributed by atoms with E-state index in [4.69, 9.17) is 14.2 Å². The number of esters is 3. The van der Waals surface area contributed by atoms with Gasteiger partial charge in [0, 0.05) is 19.3 Å². The lowest BCUT2D eigenvalue weighted by atomic mass is 10.0. The molecule has 0 spiro atoms. The zero-order valence-corrected chi connectivity index (χ0v) is 51.9. The Labute approximate surface area is 484 Å². The largest absolute Gasteiger partial charge is 0.462 e. The third kappa shape index (κ3) is 63.7. The van der Waals surface area contributed by atoms with E-state index in [0.29, 0.717) is 19.3 Å². The van der Waals surface area contributed by atoms with Crippen molar-refractivity contribution >= 4 is 17.9 Å². The van der Waals surface area contributed by atoms with Crippen LogP contribution in [-0.4, -0.2) is 37.2 Å². The average Bonchev–Trinajstić information content (AvgIpc) is 3.44. The molecule has 0 aliphatic rings. The van der Waals surface area contributed by atoms with E-state index in [1.54, 1.807) is 0 Å². The number of hydrogen-bond acceptors (Lipinski definition) is 6. The number of ether oxygens (including phenoxy) is 3. The Kier molecular flexibility index (Phi) is 63.7. The molecule has 0 aromatic rings. The maximum atomic E-state index is 12.9. The monoisotopic (exact) mass is 1090 g/mol. The summed E-state index contributed by atoms with van der Waals surface area (Å²) in [5.41, 5.74) is 0. The maximum absolute atomic E-state index is 12.9. The summed E-state index contributed by atoms with van der Waals surface area (Å²) in [7, 11) is 0. The van der Waals surface area contributed by atoms with Crippen LogP contribution >= 0.6 is 0 Å². The van der Waals surface area contributed by atoms with Gasteiger partial charge in [-0.3, -0.25) is 14.4 Å². The van der Waals surface area contributed by atoms with E-state index in [1.165, 1.54) is 218 Å². The number of carbonyl (C=O) groups is 3. The lowest BCUT2D eigenvalue weighted by Crippen LogP contribution is -2.30. The first-order chi connectivity index (χ1) is 38.5. The van der Waals surface area contributed by atoms with Crippen LogP contribution in [0.1, 0.15) is 348 Å². The van der Waals surface area contributed by atoms with E-state index in [-0.39, 0.29) is 31.1 Å². The van der Waals surface area contributed by atoms with Crippen molar-refractivity contribution in [3.05, 3.63) is 72.9 Å². The molecule has 1 atom stereocenters. The molecule has 452 valence electrons. The molecule has 6 heteroatoms. The van der Waals surface area contributed by atoms with Gasteiger partial charge in [-0.1, -0.05) is 312 Å². The summed E-state index contributed by atoms with van der Waals surface area (Å²) in [6.07, 6.45) is 86.6. The van der Waals surface area contributed by atoms with Crippen molar-refractivity contribution in [3.63, 3.8) is 0 Å². The highest BCUT2D eigenvalue weighted by Gasteiger charge is 2.19. The van der Waals surface area contributed by atoms with Crippen molar-refractivity contribution < 1.29 is 28.6 Å². The number of rotatable bonds is 62. The second-order valence-corrected chi connectivity index (χ2v) is 22.7. The predicted octanol–water partition coefficient (Wildman–Crippen LogP) is 23.3.